The first-order valence-electron chi connectivity index (χ1n) is 3.67. The lowest BCUT2D eigenvalue weighted by molar-refractivity contribution is 0.931. The molecule has 1 atom stereocenters. The molecule has 1 aromatic rings. The first kappa shape index (κ1) is 8.50. The summed E-state index contributed by atoms with van der Waals surface area (Å²) in [7, 11) is 0. The van der Waals surface area contributed by atoms with Crippen LogP contribution in [0.4, 0.5) is 0 Å². The molecule has 0 spiro atoms. The Balaban J connectivity index is 2.64. The van der Waals surface area contributed by atoms with Crippen LogP contribution in [0.15, 0.2) is 17.5 Å². The molecule has 1 aromatic heterocycles. The lowest BCUT2D eigenvalue weighted by atomic mass is 10.3. The van der Waals surface area contributed by atoms with Crippen molar-refractivity contribution in [3.05, 3.63) is 28.0 Å². The topological polar surface area (TPSA) is 26.0 Å². The van der Waals surface area contributed by atoms with Gasteiger partial charge in [-0.15, -0.1) is 11.3 Å². The molecule has 0 bridgehead atoms. The summed E-state index contributed by atoms with van der Waals surface area (Å²) in [4.78, 5) is 1.28. The van der Waals surface area contributed by atoms with E-state index in [2.05, 4.69) is 24.4 Å². The van der Waals surface area contributed by atoms with Crippen LogP contribution >= 0.6 is 11.3 Å². The predicted octanol–water partition coefficient (Wildman–Crippen LogP) is 2.42. The van der Waals surface area contributed by atoms with Crippen molar-refractivity contribution in [3.63, 3.8) is 0 Å². The molecule has 0 aliphatic carbocycles. The van der Waals surface area contributed by atoms with Crippen LogP contribution in [0.5, 0.6) is 0 Å². The van der Waals surface area contributed by atoms with Crippen LogP contribution in [0.3, 0.4) is 0 Å². The van der Waals surface area contributed by atoms with Crippen LogP contribution in [0, 0.1) is 6.92 Å². The average molecular weight is 167 g/mol. The van der Waals surface area contributed by atoms with Crippen LogP contribution in [0.2, 0.25) is 0 Å². The number of nitrogens with two attached hydrogens (primary N) is 1. The molecule has 11 heavy (non-hydrogen) atoms. The summed E-state index contributed by atoms with van der Waals surface area (Å²) in [5.74, 6) is 0. The van der Waals surface area contributed by atoms with E-state index in [1.807, 2.05) is 13.0 Å². The van der Waals surface area contributed by atoms with Gasteiger partial charge in [-0.25, -0.2) is 0 Å². The molecule has 0 radical (unpaired) electrons. The van der Waals surface area contributed by atoms with Crippen molar-refractivity contribution in [1.29, 1.82) is 0 Å². The SMILES string of the molecule is Cc1csc(/C=C/C(C)N)c1. The van der Waals surface area contributed by atoms with Crippen molar-refractivity contribution in [2.75, 3.05) is 0 Å². The van der Waals surface area contributed by atoms with E-state index < -0.39 is 0 Å². The van der Waals surface area contributed by atoms with Crippen molar-refractivity contribution in [3.8, 4) is 0 Å². The Labute approximate surface area is 71.5 Å². The molecule has 1 rings (SSSR count). The van der Waals surface area contributed by atoms with E-state index in [1.54, 1.807) is 11.3 Å². The van der Waals surface area contributed by atoms with Gasteiger partial charge in [0.2, 0.25) is 0 Å². The van der Waals surface area contributed by atoms with Gasteiger partial charge in [0, 0.05) is 10.9 Å². The molecule has 2 heteroatoms. The molecule has 0 aliphatic heterocycles. The molecule has 0 saturated carbocycles. The normalized spacial score (nSPS) is 14.1. The van der Waals surface area contributed by atoms with E-state index in [9.17, 15) is 0 Å². The number of hydrogen-bond donors (Lipinski definition) is 1. The summed E-state index contributed by atoms with van der Waals surface area (Å²) in [5, 5.41) is 2.14. The van der Waals surface area contributed by atoms with Crippen LogP contribution in [-0.2, 0) is 0 Å². The van der Waals surface area contributed by atoms with Crippen LogP contribution in [0.25, 0.3) is 6.08 Å². The number of rotatable bonds is 2. The quantitative estimate of drug-likeness (QED) is 0.719. The van der Waals surface area contributed by atoms with Crippen molar-refractivity contribution in [2.45, 2.75) is 19.9 Å². The molecule has 60 valence electrons. The van der Waals surface area contributed by atoms with Gasteiger partial charge >= 0.3 is 0 Å². The zero-order chi connectivity index (χ0) is 8.27. The molecular formula is C9H13NS. The van der Waals surface area contributed by atoms with Gasteiger partial charge in [0.05, 0.1) is 0 Å². The van der Waals surface area contributed by atoms with Crippen molar-refractivity contribution >= 4 is 17.4 Å². The third-order valence-corrected chi connectivity index (χ3v) is 2.33. The maximum atomic E-state index is 5.56. The van der Waals surface area contributed by atoms with Gasteiger partial charge < -0.3 is 5.73 Å². The average Bonchev–Trinajstić information content (AvgIpc) is 2.31. The molecular weight excluding hydrogens is 154 g/mol. The summed E-state index contributed by atoms with van der Waals surface area (Å²) in [6, 6.07) is 2.31. The van der Waals surface area contributed by atoms with Gasteiger partial charge in [0.1, 0.15) is 0 Å². The molecule has 0 amide bonds. The van der Waals surface area contributed by atoms with Gasteiger partial charge in [-0.05, 0) is 36.9 Å². The highest BCUT2D eigenvalue weighted by molar-refractivity contribution is 7.11. The van der Waals surface area contributed by atoms with Crippen molar-refractivity contribution < 1.29 is 0 Å². The fourth-order valence-corrected chi connectivity index (χ4v) is 1.59. The van der Waals surface area contributed by atoms with E-state index in [4.69, 9.17) is 5.73 Å². The fraction of sp³-hybridized carbons (Fsp3) is 0.333. The second-order valence-electron chi connectivity index (χ2n) is 2.74. The second kappa shape index (κ2) is 3.69. The van der Waals surface area contributed by atoms with Crippen LogP contribution in [-0.4, -0.2) is 6.04 Å². The molecule has 0 fully saturated rings. The van der Waals surface area contributed by atoms with Gasteiger partial charge in [-0.2, -0.15) is 0 Å². The third-order valence-electron chi connectivity index (χ3n) is 1.31. The summed E-state index contributed by atoms with van der Waals surface area (Å²) < 4.78 is 0. The Morgan fingerprint density at radius 3 is 2.82 bits per heavy atom. The van der Waals surface area contributed by atoms with E-state index in [1.165, 1.54) is 10.4 Å². The Bertz CT molecular complexity index is 248. The first-order chi connectivity index (χ1) is 5.18. The molecule has 1 heterocycles. The van der Waals surface area contributed by atoms with E-state index in [-0.39, 0.29) is 6.04 Å². The minimum absolute atomic E-state index is 0.150. The zero-order valence-electron chi connectivity index (χ0n) is 6.87. The number of aryl methyl sites for hydroxylation is 1. The molecule has 1 unspecified atom stereocenters. The smallest absolute Gasteiger partial charge is 0.0270 e. The molecule has 0 aliphatic rings. The van der Waals surface area contributed by atoms with E-state index in [0.29, 0.717) is 0 Å². The van der Waals surface area contributed by atoms with Crippen molar-refractivity contribution in [1.82, 2.24) is 0 Å². The van der Waals surface area contributed by atoms with Crippen LogP contribution in [0.1, 0.15) is 17.4 Å². The Morgan fingerprint density at radius 2 is 2.36 bits per heavy atom. The minimum Gasteiger partial charge on any atom is -0.325 e. The standard InChI is InChI=1S/C9H13NS/c1-7-5-9(11-6-7)4-3-8(2)10/h3-6,8H,10H2,1-2H3/b4-3+. The first-order valence-corrected chi connectivity index (χ1v) is 4.55. The monoisotopic (exact) mass is 167 g/mol. The Hall–Kier alpha value is -0.600. The third kappa shape index (κ3) is 2.87. The molecule has 2 N–H and O–H groups in total. The van der Waals surface area contributed by atoms with Gasteiger partial charge in [-0.1, -0.05) is 6.08 Å². The lowest BCUT2D eigenvalue weighted by Gasteiger charge is -1.91. The largest absolute Gasteiger partial charge is 0.325 e. The molecule has 0 saturated heterocycles. The predicted molar refractivity (Wildman–Crippen MR) is 51.7 cm³/mol. The summed E-state index contributed by atoms with van der Waals surface area (Å²) in [6.45, 7) is 4.07. The van der Waals surface area contributed by atoms with Crippen LogP contribution < -0.4 is 5.73 Å². The van der Waals surface area contributed by atoms with Gasteiger partial charge in [0.15, 0.2) is 0 Å². The van der Waals surface area contributed by atoms with Gasteiger partial charge in [-0.3, -0.25) is 0 Å². The Kier molecular flexibility index (Phi) is 2.85. The maximum Gasteiger partial charge on any atom is 0.0270 e. The highest BCUT2D eigenvalue weighted by atomic mass is 32.1. The minimum atomic E-state index is 0.150. The van der Waals surface area contributed by atoms with E-state index >= 15 is 0 Å². The molecule has 1 nitrogen and oxygen atoms in total. The van der Waals surface area contributed by atoms with E-state index in [0.717, 1.165) is 0 Å². The highest BCUT2D eigenvalue weighted by Gasteiger charge is 1.90. The Morgan fingerprint density at radius 1 is 1.64 bits per heavy atom. The highest BCUT2D eigenvalue weighted by Crippen LogP contribution is 2.14. The molecule has 0 aromatic carbocycles. The number of hydrogen-bond acceptors (Lipinski definition) is 2. The second-order valence-corrected chi connectivity index (χ2v) is 3.69. The number of thiophene rings is 1. The van der Waals surface area contributed by atoms with Gasteiger partial charge in [0.25, 0.3) is 0 Å². The maximum absolute atomic E-state index is 5.56. The summed E-state index contributed by atoms with van der Waals surface area (Å²) in [5.41, 5.74) is 6.88. The fourth-order valence-electron chi connectivity index (χ4n) is 0.787. The van der Waals surface area contributed by atoms with Crippen molar-refractivity contribution in [2.24, 2.45) is 5.73 Å². The lowest BCUT2D eigenvalue weighted by Crippen LogP contribution is -2.09. The summed E-state index contributed by atoms with van der Waals surface area (Å²) in [6.07, 6.45) is 4.08. The summed E-state index contributed by atoms with van der Waals surface area (Å²) >= 11 is 1.75. The zero-order valence-corrected chi connectivity index (χ0v) is 7.69.